The van der Waals surface area contributed by atoms with Crippen molar-refractivity contribution in [3.63, 3.8) is 0 Å². The van der Waals surface area contributed by atoms with Crippen molar-refractivity contribution in [3.8, 4) is 0 Å². The minimum absolute atomic E-state index is 0.320. The van der Waals surface area contributed by atoms with Crippen LogP contribution < -0.4 is 5.32 Å². The normalized spacial score (nSPS) is 20.0. The van der Waals surface area contributed by atoms with E-state index in [-0.39, 0.29) is 0 Å². The van der Waals surface area contributed by atoms with Crippen LogP contribution in [0.1, 0.15) is 38.3 Å². The Labute approximate surface area is 140 Å². The minimum atomic E-state index is 0.320. The molecular weight excluding hydrogens is 348 g/mol. The molecule has 21 heavy (non-hydrogen) atoms. The van der Waals surface area contributed by atoms with E-state index in [4.69, 9.17) is 9.97 Å². The zero-order valence-corrected chi connectivity index (χ0v) is 15.7. The van der Waals surface area contributed by atoms with Crippen LogP contribution in [-0.4, -0.2) is 46.5 Å². The Hall–Kier alpha value is -0.330. The first kappa shape index (κ1) is 17.0. The van der Waals surface area contributed by atoms with Crippen molar-refractivity contribution >= 4 is 33.5 Å². The first-order valence-electron chi connectivity index (χ1n) is 7.61. The van der Waals surface area contributed by atoms with E-state index < -0.39 is 0 Å². The van der Waals surface area contributed by atoms with Gasteiger partial charge < -0.3 is 5.32 Å². The third-order valence-electron chi connectivity index (χ3n) is 3.58. The van der Waals surface area contributed by atoms with Crippen LogP contribution in [0.5, 0.6) is 0 Å². The van der Waals surface area contributed by atoms with Crippen LogP contribution in [0.3, 0.4) is 0 Å². The molecule has 1 saturated heterocycles. The van der Waals surface area contributed by atoms with Crippen LogP contribution in [0.4, 0.5) is 5.82 Å². The number of halogens is 1. The fourth-order valence-electron chi connectivity index (χ4n) is 2.43. The summed E-state index contributed by atoms with van der Waals surface area (Å²) in [5.41, 5.74) is 1.12. The molecule has 1 aliphatic heterocycles. The van der Waals surface area contributed by atoms with Crippen molar-refractivity contribution in [2.45, 2.75) is 33.2 Å². The Kier molecular flexibility index (Phi) is 6.32. The molecule has 0 aromatic carbocycles. The van der Waals surface area contributed by atoms with Crippen molar-refractivity contribution in [2.24, 2.45) is 5.92 Å². The lowest BCUT2D eigenvalue weighted by molar-refractivity contribution is 0.264. The lowest BCUT2D eigenvalue weighted by Crippen LogP contribution is -2.34. The smallest absolute Gasteiger partial charge is 0.149 e. The fraction of sp³-hybridized carbons (Fsp3) is 0.733. The number of thioether (sulfide) groups is 1. The van der Waals surface area contributed by atoms with Gasteiger partial charge in [-0.1, -0.05) is 13.8 Å². The molecule has 2 rings (SSSR count). The van der Waals surface area contributed by atoms with Gasteiger partial charge >= 0.3 is 0 Å². The molecule has 0 aliphatic carbocycles. The number of aromatic nitrogens is 2. The van der Waals surface area contributed by atoms with Crippen molar-refractivity contribution < 1.29 is 0 Å². The summed E-state index contributed by atoms with van der Waals surface area (Å²) >= 11 is 5.67. The highest BCUT2D eigenvalue weighted by atomic mass is 79.9. The van der Waals surface area contributed by atoms with Crippen molar-refractivity contribution in [1.82, 2.24) is 14.9 Å². The molecule has 1 aromatic heterocycles. The van der Waals surface area contributed by atoms with Crippen LogP contribution in [0, 0.1) is 5.92 Å². The Bertz CT molecular complexity index is 481. The summed E-state index contributed by atoms with van der Waals surface area (Å²) < 4.78 is 1.02. The second-order valence-electron chi connectivity index (χ2n) is 5.89. The highest BCUT2D eigenvalue weighted by Gasteiger charge is 2.25. The van der Waals surface area contributed by atoms with Gasteiger partial charge in [0, 0.05) is 24.6 Å². The van der Waals surface area contributed by atoms with E-state index in [0.717, 1.165) is 47.1 Å². The molecular formula is C15H25BrN4S. The van der Waals surface area contributed by atoms with E-state index in [1.807, 2.05) is 11.8 Å². The zero-order valence-electron chi connectivity index (χ0n) is 13.3. The minimum Gasteiger partial charge on any atom is -0.369 e. The quantitative estimate of drug-likeness (QED) is 0.854. The van der Waals surface area contributed by atoms with Gasteiger partial charge in [0.05, 0.1) is 16.2 Å². The molecule has 0 amide bonds. The molecule has 1 atom stereocenters. The maximum absolute atomic E-state index is 4.88. The van der Waals surface area contributed by atoms with Crippen molar-refractivity contribution in [3.05, 3.63) is 16.0 Å². The number of nitrogens with zero attached hydrogens (tertiary/aromatic N) is 3. The first-order valence-corrected chi connectivity index (χ1v) is 9.55. The highest BCUT2D eigenvalue weighted by molar-refractivity contribution is 9.10. The Morgan fingerprint density at radius 3 is 2.81 bits per heavy atom. The first-order chi connectivity index (χ1) is 10.0. The van der Waals surface area contributed by atoms with E-state index in [2.05, 4.69) is 54.0 Å². The number of rotatable bonds is 5. The second kappa shape index (κ2) is 7.79. The van der Waals surface area contributed by atoms with Gasteiger partial charge in [-0.15, -0.1) is 0 Å². The highest BCUT2D eigenvalue weighted by Crippen LogP contribution is 2.31. The molecule has 1 N–H and O–H groups in total. The molecule has 1 unspecified atom stereocenters. The summed E-state index contributed by atoms with van der Waals surface area (Å²) in [6, 6.07) is 0.320. The molecule has 118 valence electrons. The van der Waals surface area contributed by atoms with Gasteiger partial charge in [0.25, 0.3) is 0 Å². The molecule has 0 bridgehead atoms. The Balaban J connectivity index is 2.37. The lowest BCUT2D eigenvalue weighted by atomic mass is 10.1. The van der Waals surface area contributed by atoms with E-state index in [9.17, 15) is 0 Å². The van der Waals surface area contributed by atoms with Crippen LogP contribution in [0.15, 0.2) is 4.47 Å². The van der Waals surface area contributed by atoms with Gasteiger partial charge in [-0.2, -0.15) is 11.8 Å². The zero-order chi connectivity index (χ0) is 15.4. The van der Waals surface area contributed by atoms with Crippen LogP contribution in [-0.2, 0) is 6.42 Å². The lowest BCUT2D eigenvalue weighted by Gasteiger charge is -2.31. The maximum atomic E-state index is 4.88. The predicted octanol–water partition coefficient (Wildman–Crippen LogP) is 3.59. The summed E-state index contributed by atoms with van der Waals surface area (Å²) in [5, 5.41) is 3.36. The standard InChI is InChI=1S/C15H25BrN4S/c1-5-17-15-13(16)11(8-10(2)3)18-14(19-15)12-9-21-7-6-20(12)4/h10,12H,5-9H2,1-4H3,(H,17,18,19). The Morgan fingerprint density at radius 2 is 2.19 bits per heavy atom. The molecule has 0 saturated carbocycles. The largest absolute Gasteiger partial charge is 0.369 e. The van der Waals surface area contributed by atoms with Crippen LogP contribution in [0.25, 0.3) is 0 Å². The number of nitrogens with one attached hydrogen (secondary N) is 1. The van der Waals surface area contributed by atoms with Crippen molar-refractivity contribution in [2.75, 3.05) is 37.0 Å². The molecule has 2 heterocycles. The molecule has 1 fully saturated rings. The molecule has 0 radical (unpaired) electrons. The van der Waals surface area contributed by atoms with Gasteiger partial charge in [-0.25, -0.2) is 9.97 Å². The number of anilines is 1. The summed E-state index contributed by atoms with van der Waals surface area (Å²) in [6.07, 6.45) is 0.970. The third-order valence-corrected chi connectivity index (χ3v) is 5.43. The monoisotopic (exact) mass is 372 g/mol. The van der Waals surface area contributed by atoms with Crippen LogP contribution >= 0.6 is 27.7 Å². The van der Waals surface area contributed by atoms with Gasteiger partial charge in [0.2, 0.25) is 0 Å². The third kappa shape index (κ3) is 4.33. The molecule has 6 heteroatoms. The molecule has 4 nitrogen and oxygen atoms in total. The average Bonchev–Trinajstić information content (AvgIpc) is 2.43. The Morgan fingerprint density at radius 1 is 1.43 bits per heavy atom. The second-order valence-corrected chi connectivity index (χ2v) is 7.83. The van der Waals surface area contributed by atoms with E-state index in [1.165, 1.54) is 5.75 Å². The van der Waals surface area contributed by atoms with E-state index >= 15 is 0 Å². The topological polar surface area (TPSA) is 41.1 Å². The van der Waals surface area contributed by atoms with Crippen molar-refractivity contribution in [1.29, 1.82) is 0 Å². The number of hydrogen-bond acceptors (Lipinski definition) is 5. The van der Waals surface area contributed by atoms with Gasteiger partial charge in [-0.05, 0) is 42.2 Å². The predicted molar refractivity (Wildman–Crippen MR) is 95.1 cm³/mol. The summed E-state index contributed by atoms with van der Waals surface area (Å²) in [7, 11) is 2.17. The van der Waals surface area contributed by atoms with Crippen LogP contribution in [0.2, 0.25) is 0 Å². The molecule has 1 aromatic rings. The fourth-order valence-corrected chi connectivity index (χ4v) is 4.12. The van der Waals surface area contributed by atoms with Gasteiger partial charge in [0.1, 0.15) is 11.6 Å². The molecule has 0 spiro atoms. The molecule has 1 aliphatic rings. The summed E-state index contributed by atoms with van der Waals surface area (Å²) in [6.45, 7) is 8.52. The maximum Gasteiger partial charge on any atom is 0.149 e. The summed E-state index contributed by atoms with van der Waals surface area (Å²) in [5.74, 6) is 4.74. The SMILES string of the molecule is CCNc1nc(C2CSCCN2C)nc(CC(C)C)c1Br. The number of hydrogen-bond donors (Lipinski definition) is 1. The van der Waals surface area contributed by atoms with Gasteiger partial charge in [-0.3, -0.25) is 4.90 Å². The summed E-state index contributed by atoms with van der Waals surface area (Å²) in [4.78, 5) is 12.0. The van der Waals surface area contributed by atoms with E-state index in [0.29, 0.717) is 12.0 Å². The van der Waals surface area contributed by atoms with Gasteiger partial charge in [0.15, 0.2) is 0 Å². The van der Waals surface area contributed by atoms with E-state index in [1.54, 1.807) is 0 Å². The average molecular weight is 373 g/mol.